The third kappa shape index (κ3) is 2.43. The summed E-state index contributed by atoms with van der Waals surface area (Å²) in [5, 5.41) is 3.98. The van der Waals surface area contributed by atoms with Crippen LogP contribution in [0.5, 0.6) is 0 Å². The maximum absolute atomic E-state index is 11.5. The topological polar surface area (TPSA) is 61.2 Å². The highest BCUT2D eigenvalue weighted by atomic mass is 16.5. The summed E-state index contributed by atoms with van der Waals surface area (Å²) in [5.74, 6) is -0.833. The Hall–Kier alpha value is -1.65. The van der Waals surface area contributed by atoms with Gasteiger partial charge in [-0.3, -0.25) is 4.68 Å². The monoisotopic (exact) mass is 210 g/mol. The zero-order valence-electron chi connectivity index (χ0n) is 9.06. The van der Waals surface area contributed by atoms with E-state index in [0.717, 1.165) is 6.29 Å². The fraction of sp³-hybridized carbons (Fsp3) is 0.500. The van der Waals surface area contributed by atoms with Crippen LogP contribution < -0.4 is 0 Å². The van der Waals surface area contributed by atoms with Crippen molar-refractivity contribution in [2.75, 3.05) is 6.61 Å². The van der Waals surface area contributed by atoms with Gasteiger partial charge >= 0.3 is 5.97 Å². The van der Waals surface area contributed by atoms with E-state index in [-0.39, 0.29) is 11.6 Å². The molecule has 0 radical (unpaired) electrons. The largest absolute Gasteiger partial charge is 0.461 e. The average Bonchev–Trinajstić information content (AvgIpc) is 2.59. The molecule has 1 aromatic rings. The normalized spacial score (nSPS) is 12.2. The number of carbonyl (C=O) groups is 2. The fourth-order valence-electron chi connectivity index (χ4n) is 1.27. The van der Waals surface area contributed by atoms with Gasteiger partial charge in [0.1, 0.15) is 6.29 Å². The lowest BCUT2D eigenvalue weighted by molar-refractivity contribution is -0.108. The van der Waals surface area contributed by atoms with Crippen LogP contribution in [0, 0.1) is 0 Å². The first-order chi connectivity index (χ1) is 7.10. The van der Waals surface area contributed by atoms with Crippen molar-refractivity contribution in [2.24, 2.45) is 7.05 Å². The van der Waals surface area contributed by atoms with Gasteiger partial charge in [0, 0.05) is 24.7 Å². The number of nitrogens with zero attached hydrogens (tertiary/aromatic N) is 2. The molecule has 0 bridgehead atoms. The highest BCUT2D eigenvalue weighted by Gasteiger charge is 2.20. The van der Waals surface area contributed by atoms with Crippen molar-refractivity contribution in [3.05, 3.63) is 17.5 Å². The molecule has 1 rings (SSSR count). The molecular formula is C10H14N2O3. The van der Waals surface area contributed by atoms with E-state index in [1.807, 2.05) is 0 Å². The summed E-state index contributed by atoms with van der Waals surface area (Å²) < 4.78 is 6.35. The minimum Gasteiger partial charge on any atom is -0.461 e. The van der Waals surface area contributed by atoms with Crippen molar-refractivity contribution in [3.63, 3.8) is 0 Å². The Labute approximate surface area is 88.0 Å². The molecule has 0 N–H and O–H groups in total. The van der Waals surface area contributed by atoms with Gasteiger partial charge in [0.2, 0.25) is 0 Å². The van der Waals surface area contributed by atoms with Crippen LogP contribution in [0.3, 0.4) is 0 Å². The van der Waals surface area contributed by atoms with Crippen LogP contribution in [0.15, 0.2) is 6.20 Å². The van der Waals surface area contributed by atoms with Gasteiger partial charge in [-0.2, -0.15) is 5.10 Å². The van der Waals surface area contributed by atoms with Crippen molar-refractivity contribution >= 4 is 12.3 Å². The van der Waals surface area contributed by atoms with Gasteiger partial charge < -0.3 is 9.53 Å². The summed E-state index contributed by atoms with van der Waals surface area (Å²) in [6.45, 7) is 3.74. The lowest BCUT2D eigenvalue weighted by Gasteiger charge is -2.03. The van der Waals surface area contributed by atoms with Gasteiger partial charge in [0.15, 0.2) is 5.69 Å². The van der Waals surface area contributed by atoms with Crippen molar-refractivity contribution in [1.29, 1.82) is 0 Å². The second kappa shape index (κ2) is 4.72. The number of esters is 1. The van der Waals surface area contributed by atoms with Crippen LogP contribution in [0.1, 0.15) is 35.8 Å². The van der Waals surface area contributed by atoms with E-state index >= 15 is 0 Å². The first-order valence-corrected chi connectivity index (χ1v) is 4.76. The molecule has 1 atom stereocenters. The third-order valence-electron chi connectivity index (χ3n) is 2.02. The highest BCUT2D eigenvalue weighted by molar-refractivity contribution is 5.90. The van der Waals surface area contributed by atoms with Crippen LogP contribution >= 0.6 is 0 Å². The van der Waals surface area contributed by atoms with Gasteiger partial charge in [-0.15, -0.1) is 0 Å². The second-order valence-electron chi connectivity index (χ2n) is 3.25. The standard InChI is InChI=1S/C10H14N2O3/c1-4-15-10(14)9-8(7(2)6-13)5-12(3)11-9/h5-7H,4H2,1-3H3. The lowest BCUT2D eigenvalue weighted by Crippen LogP contribution is -2.10. The Kier molecular flexibility index (Phi) is 3.60. The molecule has 1 heterocycles. The highest BCUT2D eigenvalue weighted by Crippen LogP contribution is 2.17. The Bertz CT molecular complexity index is 371. The zero-order chi connectivity index (χ0) is 11.4. The van der Waals surface area contributed by atoms with Crippen LogP contribution in [0.25, 0.3) is 0 Å². The first-order valence-electron chi connectivity index (χ1n) is 4.76. The first kappa shape index (κ1) is 11.4. The van der Waals surface area contributed by atoms with Crippen molar-refractivity contribution in [1.82, 2.24) is 9.78 Å². The summed E-state index contributed by atoms with van der Waals surface area (Å²) in [6, 6.07) is 0. The molecular weight excluding hydrogens is 196 g/mol. The van der Waals surface area contributed by atoms with Gasteiger partial charge in [0.05, 0.1) is 6.61 Å². The molecule has 1 aromatic heterocycles. The van der Waals surface area contributed by atoms with Crippen LogP contribution in [-0.4, -0.2) is 28.6 Å². The molecule has 0 aromatic carbocycles. The van der Waals surface area contributed by atoms with E-state index in [1.54, 1.807) is 27.1 Å². The van der Waals surface area contributed by atoms with Crippen molar-refractivity contribution < 1.29 is 14.3 Å². The van der Waals surface area contributed by atoms with E-state index in [9.17, 15) is 9.59 Å². The van der Waals surface area contributed by atoms with E-state index in [2.05, 4.69) is 5.10 Å². The summed E-state index contributed by atoms with van der Waals surface area (Å²) in [4.78, 5) is 22.1. The molecule has 0 aliphatic heterocycles. The quantitative estimate of drug-likeness (QED) is 0.547. The van der Waals surface area contributed by atoms with Crippen LogP contribution in [0.4, 0.5) is 0 Å². The number of aromatic nitrogens is 2. The molecule has 0 aliphatic carbocycles. The molecule has 0 amide bonds. The fourth-order valence-corrected chi connectivity index (χ4v) is 1.27. The Morgan fingerprint density at radius 3 is 2.93 bits per heavy atom. The summed E-state index contributed by atoms with van der Waals surface area (Å²) >= 11 is 0. The van der Waals surface area contributed by atoms with Gasteiger partial charge in [0.25, 0.3) is 0 Å². The number of aryl methyl sites for hydroxylation is 1. The second-order valence-corrected chi connectivity index (χ2v) is 3.25. The van der Waals surface area contributed by atoms with E-state index < -0.39 is 5.97 Å². The predicted molar refractivity (Wildman–Crippen MR) is 53.6 cm³/mol. The van der Waals surface area contributed by atoms with Crippen LogP contribution in [0.2, 0.25) is 0 Å². The molecule has 15 heavy (non-hydrogen) atoms. The molecule has 82 valence electrons. The van der Waals surface area contributed by atoms with E-state index in [1.165, 1.54) is 4.68 Å². The number of hydrogen-bond acceptors (Lipinski definition) is 4. The maximum atomic E-state index is 11.5. The molecule has 0 fully saturated rings. The number of rotatable bonds is 4. The SMILES string of the molecule is CCOC(=O)c1nn(C)cc1C(C)C=O. The number of aldehydes is 1. The number of hydrogen-bond donors (Lipinski definition) is 0. The minimum atomic E-state index is -0.484. The molecule has 5 nitrogen and oxygen atoms in total. The van der Waals surface area contributed by atoms with E-state index in [4.69, 9.17) is 4.74 Å². The number of carbonyl (C=O) groups excluding carboxylic acids is 2. The maximum Gasteiger partial charge on any atom is 0.359 e. The zero-order valence-corrected chi connectivity index (χ0v) is 9.06. The van der Waals surface area contributed by atoms with Crippen molar-refractivity contribution in [2.45, 2.75) is 19.8 Å². The Morgan fingerprint density at radius 1 is 1.73 bits per heavy atom. The van der Waals surface area contributed by atoms with Crippen molar-refractivity contribution in [3.8, 4) is 0 Å². The Morgan fingerprint density at radius 2 is 2.40 bits per heavy atom. The van der Waals surface area contributed by atoms with Gasteiger partial charge in [-0.25, -0.2) is 4.79 Å². The minimum absolute atomic E-state index is 0.221. The molecule has 0 aliphatic rings. The molecule has 0 saturated heterocycles. The molecule has 0 saturated carbocycles. The molecule has 0 spiro atoms. The average molecular weight is 210 g/mol. The summed E-state index contributed by atoms with van der Waals surface area (Å²) in [5.41, 5.74) is 0.824. The smallest absolute Gasteiger partial charge is 0.359 e. The molecule has 5 heteroatoms. The molecule has 1 unspecified atom stereocenters. The van der Waals surface area contributed by atoms with Crippen LogP contribution in [-0.2, 0) is 16.6 Å². The van der Waals surface area contributed by atoms with Gasteiger partial charge in [-0.05, 0) is 6.92 Å². The third-order valence-corrected chi connectivity index (χ3v) is 2.02. The lowest BCUT2D eigenvalue weighted by atomic mass is 10.0. The summed E-state index contributed by atoms with van der Waals surface area (Å²) in [7, 11) is 1.70. The predicted octanol–water partition coefficient (Wildman–Crippen LogP) is 0.899. The van der Waals surface area contributed by atoms with Gasteiger partial charge in [-0.1, -0.05) is 6.92 Å². The number of ether oxygens (including phenoxy) is 1. The summed E-state index contributed by atoms with van der Waals surface area (Å²) in [6.07, 6.45) is 2.44. The Balaban J connectivity index is 3.05. The van der Waals surface area contributed by atoms with E-state index in [0.29, 0.717) is 12.2 Å².